The Bertz CT molecular complexity index is 929. The van der Waals surface area contributed by atoms with Gasteiger partial charge in [0.15, 0.2) is 0 Å². The number of para-hydroxylation sites is 1. The van der Waals surface area contributed by atoms with Crippen molar-refractivity contribution in [3.8, 4) is 0 Å². The number of sulfonamides is 1. The van der Waals surface area contributed by atoms with Gasteiger partial charge in [0.05, 0.1) is 23.2 Å². The highest BCUT2D eigenvalue weighted by Gasteiger charge is 2.29. The molecule has 0 fully saturated rings. The number of halogens is 1. The fraction of sp³-hybridized carbons (Fsp3) is 0.176. The molecule has 0 saturated heterocycles. The van der Waals surface area contributed by atoms with Crippen molar-refractivity contribution >= 4 is 33.2 Å². The van der Waals surface area contributed by atoms with Crippen LogP contribution in [0, 0.1) is 5.82 Å². The fourth-order valence-corrected chi connectivity index (χ4v) is 3.62. The Balaban J connectivity index is 2.34. The molecule has 0 aliphatic heterocycles. The molecule has 7 nitrogen and oxygen atoms in total. The zero-order chi connectivity index (χ0) is 19.5. The van der Waals surface area contributed by atoms with Crippen LogP contribution in [0.25, 0.3) is 0 Å². The van der Waals surface area contributed by atoms with Crippen molar-refractivity contribution < 1.29 is 22.4 Å². The summed E-state index contributed by atoms with van der Waals surface area (Å²) in [5.41, 5.74) is 5.68. The minimum atomic E-state index is -3.84. The molecule has 138 valence electrons. The molecule has 2 rings (SSSR count). The number of anilines is 2. The Kier molecular flexibility index (Phi) is 5.61. The van der Waals surface area contributed by atoms with E-state index in [1.54, 1.807) is 12.1 Å². The number of nitrogens with two attached hydrogens (primary N) is 1. The highest BCUT2D eigenvalue weighted by atomic mass is 32.2. The van der Waals surface area contributed by atoms with Gasteiger partial charge < -0.3 is 11.1 Å². The van der Waals surface area contributed by atoms with Gasteiger partial charge in [0.2, 0.25) is 15.9 Å². The summed E-state index contributed by atoms with van der Waals surface area (Å²) in [6, 6.07) is 9.67. The van der Waals surface area contributed by atoms with Crippen LogP contribution in [0.5, 0.6) is 0 Å². The lowest BCUT2D eigenvalue weighted by molar-refractivity contribution is -0.116. The molecule has 0 unspecified atom stereocenters. The van der Waals surface area contributed by atoms with E-state index in [-0.39, 0.29) is 16.9 Å². The monoisotopic (exact) mass is 379 g/mol. The lowest BCUT2D eigenvalue weighted by Crippen LogP contribution is -2.45. The average Bonchev–Trinajstić information content (AvgIpc) is 2.55. The topological polar surface area (TPSA) is 110 Å². The van der Waals surface area contributed by atoms with Crippen molar-refractivity contribution in [3.63, 3.8) is 0 Å². The third-order valence-corrected chi connectivity index (χ3v) is 4.86. The smallest absolute Gasteiger partial charge is 0.250 e. The summed E-state index contributed by atoms with van der Waals surface area (Å²) in [7, 11) is -3.84. The Hall–Kier alpha value is -2.94. The third-order valence-electron chi connectivity index (χ3n) is 3.62. The minimum Gasteiger partial charge on any atom is -0.366 e. The maximum absolute atomic E-state index is 13.1. The van der Waals surface area contributed by atoms with Gasteiger partial charge in [-0.25, -0.2) is 12.8 Å². The van der Waals surface area contributed by atoms with Crippen LogP contribution in [0.2, 0.25) is 0 Å². The second-order valence-electron chi connectivity index (χ2n) is 5.61. The lowest BCUT2D eigenvalue weighted by Gasteiger charge is -2.28. The maximum Gasteiger partial charge on any atom is 0.250 e. The van der Waals surface area contributed by atoms with Gasteiger partial charge in [-0.1, -0.05) is 12.1 Å². The molecule has 9 heteroatoms. The van der Waals surface area contributed by atoms with Gasteiger partial charge in [-0.05, 0) is 43.3 Å². The van der Waals surface area contributed by atoms with E-state index in [0.29, 0.717) is 0 Å². The molecule has 3 N–H and O–H groups in total. The van der Waals surface area contributed by atoms with Crippen LogP contribution in [0.3, 0.4) is 0 Å². The van der Waals surface area contributed by atoms with Gasteiger partial charge in [0, 0.05) is 0 Å². The summed E-state index contributed by atoms with van der Waals surface area (Å²) in [6.07, 6.45) is 0.942. The Labute approximate surface area is 150 Å². The van der Waals surface area contributed by atoms with Gasteiger partial charge in [-0.3, -0.25) is 13.9 Å². The Morgan fingerprint density at radius 3 is 2.23 bits per heavy atom. The normalized spacial score (nSPS) is 12.3. The number of carbonyl (C=O) groups is 2. The SMILES string of the molecule is C[C@@H](C(=O)Nc1ccccc1C(N)=O)N(c1ccc(F)cc1)S(C)(=O)=O. The standard InChI is InChI=1S/C17H18FN3O4S/c1-11(17(23)20-15-6-4-3-5-14(15)16(19)22)21(26(2,24)25)13-9-7-12(18)8-10-13/h3-11H,1-2H3,(H2,19,22)(H,20,23)/t11-/m0/s1. The third kappa shape index (κ3) is 4.37. The van der Waals surface area contributed by atoms with Crippen LogP contribution in [0.15, 0.2) is 48.5 Å². The summed E-state index contributed by atoms with van der Waals surface area (Å²) >= 11 is 0. The van der Waals surface area contributed by atoms with Crippen LogP contribution in [-0.2, 0) is 14.8 Å². The molecular formula is C17H18FN3O4S. The van der Waals surface area contributed by atoms with Crippen LogP contribution < -0.4 is 15.4 Å². The zero-order valence-corrected chi connectivity index (χ0v) is 15.0. The van der Waals surface area contributed by atoms with Crippen molar-refractivity contribution in [1.82, 2.24) is 0 Å². The Morgan fingerprint density at radius 2 is 1.69 bits per heavy atom. The van der Waals surface area contributed by atoms with Crippen molar-refractivity contribution in [3.05, 3.63) is 59.9 Å². The van der Waals surface area contributed by atoms with Crippen LogP contribution in [-0.4, -0.2) is 32.5 Å². The first kappa shape index (κ1) is 19.4. The summed E-state index contributed by atoms with van der Waals surface area (Å²) < 4.78 is 38.3. The van der Waals surface area contributed by atoms with E-state index >= 15 is 0 Å². The second kappa shape index (κ2) is 7.52. The number of nitrogens with one attached hydrogen (secondary N) is 1. The fourth-order valence-electron chi connectivity index (χ4n) is 2.44. The van der Waals surface area contributed by atoms with Crippen LogP contribution >= 0.6 is 0 Å². The molecule has 0 aromatic heterocycles. The first-order valence-electron chi connectivity index (χ1n) is 7.56. The first-order valence-corrected chi connectivity index (χ1v) is 9.40. The quantitative estimate of drug-likeness (QED) is 0.796. The van der Waals surface area contributed by atoms with Gasteiger partial charge in [-0.15, -0.1) is 0 Å². The van der Waals surface area contributed by atoms with Crippen molar-refractivity contribution in [2.75, 3.05) is 15.9 Å². The lowest BCUT2D eigenvalue weighted by atomic mass is 10.1. The predicted molar refractivity (Wildman–Crippen MR) is 96.8 cm³/mol. The number of benzene rings is 2. The Morgan fingerprint density at radius 1 is 1.12 bits per heavy atom. The van der Waals surface area contributed by atoms with Gasteiger partial charge >= 0.3 is 0 Å². The van der Waals surface area contributed by atoms with Gasteiger partial charge in [-0.2, -0.15) is 0 Å². The number of primary amides is 1. The van der Waals surface area contributed by atoms with E-state index in [4.69, 9.17) is 5.73 Å². The average molecular weight is 379 g/mol. The first-order chi connectivity index (χ1) is 12.1. The molecule has 2 amide bonds. The van der Waals surface area contributed by atoms with Crippen LogP contribution in [0.4, 0.5) is 15.8 Å². The highest BCUT2D eigenvalue weighted by molar-refractivity contribution is 7.92. The van der Waals surface area contributed by atoms with Gasteiger partial charge in [0.25, 0.3) is 5.91 Å². The van der Waals surface area contributed by atoms with E-state index in [2.05, 4.69) is 5.32 Å². The van der Waals surface area contributed by atoms with E-state index in [0.717, 1.165) is 22.7 Å². The molecular weight excluding hydrogens is 361 g/mol. The number of carbonyl (C=O) groups excluding carboxylic acids is 2. The van der Waals surface area contributed by atoms with E-state index in [9.17, 15) is 22.4 Å². The predicted octanol–water partition coefficient (Wildman–Crippen LogP) is 1.72. The van der Waals surface area contributed by atoms with E-state index in [1.807, 2.05) is 0 Å². The summed E-state index contributed by atoms with van der Waals surface area (Å²) in [5, 5.41) is 2.51. The number of hydrogen-bond acceptors (Lipinski definition) is 4. The molecule has 0 heterocycles. The number of amides is 2. The van der Waals surface area contributed by atoms with E-state index < -0.39 is 33.7 Å². The largest absolute Gasteiger partial charge is 0.366 e. The molecule has 0 radical (unpaired) electrons. The molecule has 2 aromatic rings. The van der Waals surface area contributed by atoms with Crippen molar-refractivity contribution in [2.24, 2.45) is 5.73 Å². The van der Waals surface area contributed by atoms with Crippen LogP contribution in [0.1, 0.15) is 17.3 Å². The van der Waals surface area contributed by atoms with Crippen molar-refractivity contribution in [2.45, 2.75) is 13.0 Å². The highest BCUT2D eigenvalue weighted by Crippen LogP contribution is 2.22. The summed E-state index contributed by atoms with van der Waals surface area (Å²) in [4.78, 5) is 24.0. The molecule has 0 aliphatic rings. The molecule has 0 bridgehead atoms. The summed E-state index contributed by atoms with van der Waals surface area (Å²) in [5.74, 6) is -1.94. The number of rotatable bonds is 6. The second-order valence-corrected chi connectivity index (χ2v) is 7.47. The maximum atomic E-state index is 13.1. The minimum absolute atomic E-state index is 0.0979. The molecule has 0 spiro atoms. The van der Waals surface area contributed by atoms with Gasteiger partial charge in [0.1, 0.15) is 11.9 Å². The molecule has 0 saturated carbocycles. The molecule has 1 atom stereocenters. The summed E-state index contributed by atoms with van der Waals surface area (Å²) in [6.45, 7) is 1.38. The zero-order valence-electron chi connectivity index (χ0n) is 14.1. The molecule has 26 heavy (non-hydrogen) atoms. The number of nitrogens with zero attached hydrogens (tertiary/aromatic N) is 1. The molecule has 0 aliphatic carbocycles. The number of hydrogen-bond donors (Lipinski definition) is 2. The van der Waals surface area contributed by atoms with Crippen molar-refractivity contribution in [1.29, 1.82) is 0 Å². The van der Waals surface area contributed by atoms with E-state index in [1.165, 1.54) is 31.2 Å². The molecule has 2 aromatic carbocycles.